The van der Waals surface area contributed by atoms with E-state index in [1.807, 2.05) is 0 Å². The smallest absolute Gasteiger partial charge is 0.271 e. The van der Waals surface area contributed by atoms with Crippen LogP contribution in [0.2, 0.25) is 0 Å². The summed E-state index contributed by atoms with van der Waals surface area (Å²) in [6.45, 7) is 6.44. The lowest BCUT2D eigenvalue weighted by Gasteiger charge is -2.20. The molecule has 6 nitrogen and oxygen atoms in total. The highest BCUT2D eigenvalue weighted by atomic mass is 16.5. The lowest BCUT2D eigenvalue weighted by atomic mass is 9.93. The number of amides is 1. The van der Waals surface area contributed by atoms with E-state index in [0.29, 0.717) is 30.7 Å². The maximum absolute atomic E-state index is 12.2. The van der Waals surface area contributed by atoms with E-state index in [2.05, 4.69) is 51.4 Å². The second-order valence-electron chi connectivity index (χ2n) is 7.22. The Bertz CT molecular complexity index is 767. The molecule has 2 saturated heterocycles. The van der Waals surface area contributed by atoms with Crippen LogP contribution in [-0.4, -0.2) is 53.1 Å². The number of nitrogens with zero attached hydrogens (tertiary/aromatic N) is 3. The lowest BCUT2D eigenvalue weighted by Crippen LogP contribution is -2.34. The molecular formula is C20H24N4O2. The van der Waals surface area contributed by atoms with Gasteiger partial charge in [-0.15, -0.1) is 0 Å². The number of fused-ring (bicyclic) bond motifs is 1. The summed E-state index contributed by atoms with van der Waals surface area (Å²) < 4.78 is 6.00. The molecule has 1 amide bonds. The Kier molecular flexibility index (Phi) is 4.95. The second kappa shape index (κ2) is 7.51. The molecule has 0 unspecified atom stereocenters. The topological polar surface area (TPSA) is 67.4 Å². The van der Waals surface area contributed by atoms with E-state index in [4.69, 9.17) is 4.74 Å². The number of hydrogen-bond donors (Lipinski definition) is 1. The zero-order valence-corrected chi connectivity index (χ0v) is 15.0. The van der Waals surface area contributed by atoms with Crippen LogP contribution in [0.15, 0.2) is 42.9 Å². The summed E-state index contributed by atoms with van der Waals surface area (Å²) >= 11 is 0. The first-order chi connectivity index (χ1) is 12.7. The minimum absolute atomic E-state index is 0.170. The summed E-state index contributed by atoms with van der Waals surface area (Å²) in [4.78, 5) is 22.6. The maximum Gasteiger partial charge on any atom is 0.271 e. The van der Waals surface area contributed by atoms with Crippen molar-refractivity contribution in [3.63, 3.8) is 0 Å². The number of carbonyl (C=O) groups excluding carboxylic acids is 1. The molecule has 2 fully saturated rings. The zero-order valence-electron chi connectivity index (χ0n) is 15.0. The monoisotopic (exact) mass is 352 g/mol. The van der Waals surface area contributed by atoms with Crippen LogP contribution in [0.5, 0.6) is 0 Å². The van der Waals surface area contributed by atoms with Gasteiger partial charge in [0.15, 0.2) is 0 Å². The largest absolute Gasteiger partial charge is 0.376 e. The van der Waals surface area contributed by atoms with Gasteiger partial charge >= 0.3 is 0 Å². The van der Waals surface area contributed by atoms with E-state index in [-0.39, 0.29) is 12.0 Å². The second-order valence-corrected chi connectivity index (χ2v) is 7.22. The van der Waals surface area contributed by atoms with Gasteiger partial charge in [-0.2, -0.15) is 0 Å². The number of ether oxygens (including phenoxy) is 1. The van der Waals surface area contributed by atoms with Crippen molar-refractivity contribution >= 4 is 5.91 Å². The van der Waals surface area contributed by atoms with Gasteiger partial charge in [0.05, 0.1) is 18.9 Å². The molecule has 3 heterocycles. The average molecular weight is 352 g/mol. The van der Waals surface area contributed by atoms with Gasteiger partial charge < -0.3 is 10.1 Å². The zero-order chi connectivity index (χ0) is 17.9. The molecule has 0 saturated carbocycles. The summed E-state index contributed by atoms with van der Waals surface area (Å²) in [6.07, 6.45) is 4.86. The molecule has 2 aliphatic heterocycles. The van der Waals surface area contributed by atoms with Gasteiger partial charge in [-0.25, -0.2) is 4.98 Å². The number of nitrogens with one attached hydrogen (secondary N) is 1. The summed E-state index contributed by atoms with van der Waals surface area (Å²) in [7, 11) is 0. The van der Waals surface area contributed by atoms with E-state index in [0.717, 1.165) is 19.6 Å². The van der Waals surface area contributed by atoms with Gasteiger partial charge in [-0.3, -0.25) is 14.7 Å². The van der Waals surface area contributed by atoms with Crippen LogP contribution >= 0.6 is 0 Å². The Morgan fingerprint density at radius 3 is 3.00 bits per heavy atom. The molecular weight excluding hydrogens is 328 g/mol. The number of hydrogen-bond acceptors (Lipinski definition) is 5. The number of benzene rings is 1. The summed E-state index contributed by atoms with van der Waals surface area (Å²) in [5, 5.41) is 2.99. The molecule has 4 rings (SSSR count). The normalized spacial score (nSPS) is 25.2. The molecule has 1 aromatic heterocycles. The van der Waals surface area contributed by atoms with E-state index < -0.39 is 0 Å². The van der Waals surface area contributed by atoms with E-state index in [1.54, 1.807) is 6.20 Å². The summed E-state index contributed by atoms with van der Waals surface area (Å²) in [6, 6.07) is 8.54. The Hall–Kier alpha value is -2.31. The molecule has 2 aromatic rings. The number of carbonyl (C=O) groups is 1. The first kappa shape index (κ1) is 17.1. The highest BCUT2D eigenvalue weighted by Crippen LogP contribution is 2.34. The molecule has 1 N–H and O–H groups in total. The third-order valence-electron chi connectivity index (χ3n) is 5.49. The molecule has 2 aliphatic rings. The minimum atomic E-state index is -0.170. The van der Waals surface area contributed by atoms with Crippen LogP contribution in [-0.2, 0) is 11.3 Å². The highest BCUT2D eigenvalue weighted by Gasteiger charge is 2.43. The number of likely N-dealkylation sites (tertiary alicyclic amines) is 1. The Morgan fingerprint density at radius 1 is 1.31 bits per heavy atom. The fraction of sp³-hybridized carbons (Fsp3) is 0.450. The molecule has 3 atom stereocenters. The fourth-order valence-electron chi connectivity index (χ4n) is 3.98. The van der Waals surface area contributed by atoms with Gasteiger partial charge in [-0.1, -0.05) is 24.3 Å². The predicted octanol–water partition coefficient (Wildman–Crippen LogP) is 1.66. The van der Waals surface area contributed by atoms with Crippen LogP contribution in [0.4, 0.5) is 0 Å². The first-order valence-corrected chi connectivity index (χ1v) is 9.13. The van der Waals surface area contributed by atoms with Gasteiger partial charge in [0, 0.05) is 50.4 Å². The maximum atomic E-state index is 12.2. The molecule has 0 radical (unpaired) electrons. The van der Waals surface area contributed by atoms with Gasteiger partial charge in [-0.05, 0) is 18.1 Å². The Balaban J connectivity index is 1.32. The van der Waals surface area contributed by atoms with Crippen LogP contribution in [0.1, 0.15) is 21.6 Å². The third-order valence-corrected chi connectivity index (χ3v) is 5.49. The Morgan fingerprint density at radius 2 is 2.19 bits per heavy atom. The van der Waals surface area contributed by atoms with E-state index >= 15 is 0 Å². The van der Waals surface area contributed by atoms with Crippen molar-refractivity contribution in [2.45, 2.75) is 19.6 Å². The van der Waals surface area contributed by atoms with E-state index in [9.17, 15) is 4.79 Å². The fourth-order valence-corrected chi connectivity index (χ4v) is 3.98. The number of aryl methyl sites for hydroxylation is 1. The average Bonchev–Trinajstić information content (AvgIpc) is 3.23. The summed E-state index contributed by atoms with van der Waals surface area (Å²) in [5.74, 6) is 0.653. The molecule has 26 heavy (non-hydrogen) atoms. The van der Waals surface area contributed by atoms with Gasteiger partial charge in [0.1, 0.15) is 5.69 Å². The summed E-state index contributed by atoms with van der Waals surface area (Å²) in [5.41, 5.74) is 3.06. The molecule has 0 aliphatic carbocycles. The quantitative estimate of drug-likeness (QED) is 0.886. The lowest BCUT2D eigenvalue weighted by molar-refractivity contribution is 0.0900. The van der Waals surface area contributed by atoms with Crippen LogP contribution < -0.4 is 5.32 Å². The van der Waals surface area contributed by atoms with Crippen molar-refractivity contribution < 1.29 is 9.53 Å². The van der Waals surface area contributed by atoms with Crippen molar-refractivity contribution in [1.82, 2.24) is 20.2 Å². The molecule has 0 bridgehead atoms. The molecule has 136 valence electrons. The highest BCUT2D eigenvalue weighted by molar-refractivity contribution is 5.91. The number of aromatic nitrogens is 2. The van der Waals surface area contributed by atoms with Crippen molar-refractivity contribution in [1.29, 1.82) is 0 Å². The Labute approximate surface area is 153 Å². The van der Waals surface area contributed by atoms with Crippen LogP contribution in [0, 0.1) is 18.8 Å². The van der Waals surface area contributed by atoms with Crippen LogP contribution in [0.3, 0.4) is 0 Å². The SMILES string of the molecule is Cc1ccccc1CN1C[C@H]2[C@H](CNC(=O)c3cnccn3)CO[C@H]2C1. The number of rotatable bonds is 5. The van der Waals surface area contributed by atoms with Crippen molar-refractivity contribution in [2.75, 3.05) is 26.2 Å². The van der Waals surface area contributed by atoms with Crippen molar-refractivity contribution in [3.05, 3.63) is 59.7 Å². The van der Waals surface area contributed by atoms with Crippen molar-refractivity contribution in [2.24, 2.45) is 11.8 Å². The van der Waals surface area contributed by atoms with Gasteiger partial charge in [0.25, 0.3) is 5.91 Å². The standard InChI is InChI=1S/C20H24N4O2/c1-14-4-2-3-5-15(14)10-24-11-17-16(13-26-19(17)12-24)8-23-20(25)18-9-21-6-7-22-18/h2-7,9,16-17,19H,8,10-13H2,1H3,(H,23,25)/t16-,17+,19+/m1/s1. The third kappa shape index (κ3) is 3.61. The molecule has 6 heteroatoms. The van der Waals surface area contributed by atoms with E-state index in [1.165, 1.54) is 23.5 Å². The predicted molar refractivity (Wildman–Crippen MR) is 97.5 cm³/mol. The minimum Gasteiger partial charge on any atom is -0.376 e. The van der Waals surface area contributed by atoms with Crippen molar-refractivity contribution in [3.8, 4) is 0 Å². The molecule has 0 spiro atoms. The molecule has 1 aromatic carbocycles. The van der Waals surface area contributed by atoms with Crippen LogP contribution in [0.25, 0.3) is 0 Å². The van der Waals surface area contributed by atoms with Gasteiger partial charge in [0.2, 0.25) is 0 Å². The first-order valence-electron chi connectivity index (χ1n) is 9.13.